The Morgan fingerprint density at radius 2 is 1.28 bits per heavy atom. The SMILES string of the molecule is CC(C)C1[B]CC2OC3CC(N(c4ccc5cc(-c6ccccc6)ccc5c4)c4cc5ccccc5c5ccccc45)=CC=C3C2C2=C1CC(N1C=NCCC1)C1C=C(N(c3ccccc3)c3cccc4c(-c5ccccc5)c5ccccc5cc34)C3C4CCC=CC4OC3C21. The van der Waals surface area contributed by atoms with Crippen molar-refractivity contribution in [3.63, 3.8) is 0 Å². The largest absolute Gasteiger partial charge is 0.370 e. The average molecular weight is 1250 g/mol. The first-order valence-electron chi connectivity index (χ1n) is 35.5. The summed E-state index contributed by atoms with van der Waals surface area (Å²) in [4.78, 5) is 13.1. The van der Waals surface area contributed by atoms with E-state index in [4.69, 9.17) is 14.5 Å². The molecule has 4 aliphatic carbocycles. The molecule has 11 atom stereocenters. The summed E-state index contributed by atoms with van der Waals surface area (Å²) >= 11 is 0. The van der Waals surface area contributed by atoms with E-state index >= 15 is 0 Å². The fraction of sp³-hybridized carbons (Fsp3) is 0.247. The molecule has 2 saturated heterocycles. The summed E-state index contributed by atoms with van der Waals surface area (Å²) in [6.45, 7) is 6.80. The van der Waals surface area contributed by atoms with Crippen molar-refractivity contribution in [3.8, 4) is 22.3 Å². The maximum atomic E-state index is 8.06. The van der Waals surface area contributed by atoms with Crippen LogP contribution in [0.25, 0.3) is 76.1 Å². The van der Waals surface area contributed by atoms with E-state index in [0.29, 0.717) is 17.7 Å². The summed E-state index contributed by atoms with van der Waals surface area (Å²) < 4.78 is 15.9. The number of anilines is 4. The summed E-state index contributed by atoms with van der Waals surface area (Å²) in [5.74, 6) is 1.45. The Bertz CT molecular complexity index is 5090. The monoisotopic (exact) mass is 1250 g/mol. The number of nitrogens with zero attached hydrogens (tertiary/aromatic N) is 4. The number of ether oxygens (including phenoxy) is 2. The molecule has 0 saturated carbocycles. The molecule has 11 unspecified atom stereocenters. The van der Waals surface area contributed by atoms with Crippen molar-refractivity contribution < 1.29 is 9.47 Å². The van der Waals surface area contributed by atoms with Gasteiger partial charge in [-0.25, -0.2) is 0 Å². The first kappa shape index (κ1) is 57.9. The van der Waals surface area contributed by atoms with Crippen molar-refractivity contribution in [1.82, 2.24) is 4.90 Å². The van der Waals surface area contributed by atoms with E-state index in [0.717, 1.165) is 57.2 Å². The van der Waals surface area contributed by atoms with E-state index < -0.39 is 0 Å². The van der Waals surface area contributed by atoms with Gasteiger partial charge in [0.15, 0.2) is 0 Å². The van der Waals surface area contributed by atoms with Gasteiger partial charge < -0.3 is 24.2 Å². The first-order valence-corrected chi connectivity index (χ1v) is 35.5. The van der Waals surface area contributed by atoms with Crippen LogP contribution in [0.1, 0.15) is 46.0 Å². The Morgan fingerprint density at radius 1 is 0.562 bits per heavy atom. The molecule has 6 nitrogen and oxygen atoms in total. The van der Waals surface area contributed by atoms with Gasteiger partial charge in [-0.2, -0.15) is 0 Å². The molecular weight excluding hydrogens is 1170 g/mol. The summed E-state index contributed by atoms with van der Waals surface area (Å²) in [6.07, 6.45) is 20.6. The van der Waals surface area contributed by atoms with Crippen molar-refractivity contribution in [2.75, 3.05) is 22.9 Å². The highest BCUT2D eigenvalue weighted by Crippen LogP contribution is 2.63. The third-order valence-electron chi connectivity index (χ3n) is 23.3. The molecule has 0 amide bonds. The van der Waals surface area contributed by atoms with Gasteiger partial charge in [-0.15, -0.1) is 0 Å². The van der Waals surface area contributed by atoms with Crippen molar-refractivity contribution in [2.45, 2.75) is 88.5 Å². The van der Waals surface area contributed by atoms with E-state index in [2.05, 4.69) is 303 Å². The Hall–Kier alpha value is -9.53. The van der Waals surface area contributed by atoms with Gasteiger partial charge in [0.05, 0.1) is 42.1 Å². The van der Waals surface area contributed by atoms with Crippen LogP contribution in [0.15, 0.2) is 294 Å². The third-order valence-corrected chi connectivity index (χ3v) is 23.3. The van der Waals surface area contributed by atoms with Gasteiger partial charge in [0.1, 0.15) is 7.28 Å². The second-order valence-corrected chi connectivity index (χ2v) is 28.7. The second-order valence-electron chi connectivity index (χ2n) is 28.7. The number of aliphatic imine (C=N–C) groups is 1. The maximum absolute atomic E-state index is 8.06. The van der Waals surface area contributed by atoms with Crippen molar-refractivity contribution >= 4 is 90.2 Å². The summed E-state index contributed by atoms with van der Waals surface area (Å²) in [5.41, 5.74) is 17.0. The number of benzene rings is 11. The van der Waals surface area contributed by atoms with Gasteiger partial charge in [-0.05, 0) is 169 Å². The summed E-state index contributed by atoms with van der Waals surface area (Å²) in [5, 5.41) is 12.5. The van der Waals surface area contributed by atoms with Crippen LogP contribution in [0, 0.1) is 35.5 Å². The molecule has 19 rings (SSSR count). The van der Waals surface area contributed by atoms with Crippen molar-refractivity contribution in [3.05, 3.63) is 289 Å². The topological polar surface area (TPSA) is 40.5 Å². The van der Waals surface area contributed by atoms with E-state index in [9.17, 15) is 0 Å². The summed E-state index contributed by atoms with van der Waals surface area (Å²) in [7, 11) is 2.70. The van der Waals surface area contributed by atoms with Gasteiger partial charge in [0.25, 0.3) is 0 Å². The summed E-state index contributed by atoms with van der Waals surface area (Å²) in [6, 6.07) is 86.3. The maximum Gasteiger partial charge on any atom is 0.122 e. The van der Waals surface area contributed by atoms with Crippen LogP contribution >= 0.6 is 0 Å². The normalized spacial score (nSPS) is 25.7. The highest BCUT2D eigenvalue weighted by molar-refractivity contribution is 6.39. The van der Waals surface area contributed by atoms with Crippen LogP contribution in [-0.2, 0) is 9.47 Å². The lowest BCUT2D eigenvalue weighted by atomic mass is 9.51. The van der Waals surface area contributed by atoms with E-state index in [-0.39, 0.29) is 54.1 Å². The number of hydrogen-bond donors (Lipinski definition) is 0. The van der Waals surface area contributed by atoms with Gasteiger partial charge in [-0.1, -0.05) is 238 Å². The zero-order valence-corrected chi connectivity index (χ0v) is 54.7. The minimum atomic E-state index is -0.108. The first-order chi connectivity index (χ1) is 47.5. The van der Waals surface area contributed by atoms with Gasteiger partial charge >= 0.3 is 0 Å². The molecule has 4 heterocycles. The zero-order chi connectivity index (χ0) is 63.5. The molecule has 0 N–H and O–H groups in total. The van der Waals surface area contributed by atoms with Crippen LogP contribution in [0.5, 0.6) is 0 Å². The molecule has 7 heteroatoms. The molecule has 0 bridgehead atoms. The lowest BCUT2D eigenvalue weighted by Crippen LogP contribution is -2.54. The van der Waals surface area contributed by atoms with Crippen LogP contribution in [-0.4, -0.2) is 62.1 Å². The number of fused-ring (bicyclic) bond motifs is 16. The second kappa shape index (κ2) is 23.7. The minimum absolute atomic E-state index is 0.00910. The molecule has 8 aliphatic rings. The Kier molecular flexibility index (Phi) is 14.3. The fourth-order valence-corrected chi connectivity index (χ4v) is 19.2. The van der Waals surface area contributed by atoms with Crippen molar-refractivity contribution in [2.24, 2.45) is 40.5 Å². The van der Waals surface area contributed by atoms with Crippen LogP contribution in [0.4, 0.5) is 22.7 Å². The molecule has 96 heavy (non-hydrogen) atoms. The molecule has 0 spiro atoms. The third kappa shape index (κ3) is 9.53. The van der Waals surface area contributed by atoms with E-state index in [1.165, 1.54) is 110 Å². The van der Waals surface area contributed by atoms with Gasteiger partial charge in [0, 0.05) is 82.8 Å². The minimum Gasteiger partial charge on any atom is -0.370 e. The number of allylic oxidation sites excluding steroid dienone is 3. The smallest absolute Gasteiger partial charge is 0.122 e. The highest BCUT2D eigenvalue weighted by atomic mass is 16.5. The predicted octanol–water partition coefficient (Wildman–Crippen LogP) is 21.2. The molecule has 11 aromatic rings. The Balaban J connectivity index is 0.799. The molecule has 11 aromatic carbocycles. The number of para-hydroxylation sites is 1. The van der Waals surface area contributed by atoms with Crippen molar-refractivity contribution in [1.29, 1.82) is 0 Å². The number of rotatable bonds is 10. The standard InChI is InChI=1S/C89H78BN4O2/c1-55(2)88-75-52-77(92-45-21-44-91-54-92)74-51-79(94(63-28-10-5-11-29-63)76-36-20-35-70-73(76)48-61-26-13-15-31-67(61)83(70)57-24-8-4-9-25-57)84-71-34-18-19-37-80(71)96-89(84)87(74)86(75)85-72-43-42-65(50-81(72)95-82(85)53-90-88)93(78-49-62-27-12-14-30-66(62)68-32-16-17-33-69(68)78)64-41-40-59-46-58(38-39-60(59)47-64)56-22-6-3-7-23-56/h3-17,19-20,22-33,35-43,46-49,51,54-55,71,74,77,80-82,84-85,87-89H,18,21,34,44-45,50,52-53H2,1-2H3. The predicted molar refractivity (Wildman–Crippen MR) is 400 cm³/mol. The van der Waals surface area contributed by atoms with Crippen LogP contribution in [0.3, 0.4) is 0 Å². The molecule has 1 radical (unpaired) electrons. The quantitative estimate of drug-likeness (QED) is 0.0591. The molecule has 4 aliphatic heterocycles. The average Bonchev–Trinajstić information content (AvgIpc) is 1.45. The Morgan fingerprint density at radius 3 is 2.08 bits per heavy atom. The highest BCUT2D eigenvalue weighted by Gasteiger charge is 2.61. The fourth-order valence-electron chi connectivity index (χ4n) is 19.2. The van der Waals surface area contributed by atoms with Gasteiger partial charge in [-0.3, -0.25) is 4.99 Å². The molecule has 0 aromatic heterocycles. The van der Waals surface area contributed by atoms with Gasteiger partial charge in [0.2, 0.25) is 0 Å². The number of hydrogen-bond acceptors (Lipinski definition) is 6. The lowest BCUT2D eigenvalue weighted by Gasteiger charge is -2.53. The zero-order valence-electron chi connectivity index (χ0n) is 54.7. The van der Waals surface area contributed by atoms with E-state index in [1.54, 1.807) is 11.1 Å². The van der Waals surface area contributed by atoms with E-state index in [1.807, 2.05) is 0 Å². The lowest BCUT2D eigenvalue weighted by molar-refractivity contribution is -0.00963. The Labute approximate surface area is 564 Å². The van der Waals surface area contributed by atoms with Crippen LogP contribution < -0.4 is 9.80 Å². The molecule has 2 fully saturated rings. The van der Waals surface area contributed by atoms with Crippen LogP contribution in [0.2, 0.25) is 12.1 Å². The molecule has 469 valence electrons. The molecular formula is C89H78BN4O2.